The number of aryl methyl sites for hydroxylation is 1. The molecule has 1 fully saturated rings. The van der Waals surface area contributed by atoms with Gasteiger partial charge in [0.05, 0.1) is 0 Å². The molecule has 1 unspecified atom stereocenters. The molecule has 1 aliphatic rings. The van der Waals surface area contributed by atoms with Crippen LogP contribution < -0.4 is 0 Å². The second-order valence-corrected chi connectivity index (χ2v) is 4.27. The molecule has 1 saturated carbocycles. The first-order valence-electron chi connectivity index (χ1n) is 5.33. The van der Waals surface area contributed by atoms with Crippen molar-refractivity contribution in [2.24, 2.45) is 5.92 Å². The fraction of sp³-hybridized carbons (Fsp3) is 0.462. The Balaban J connectivity index is 2.21. The Kier molecular flexibility index (Phi) is 2.67. The van der Waals surface area contributed by atoms with Crippen molar-refractivity contribution in [2.45, 2.75) is 32.1 Å². The van der Waals surface area contributed by atoms with E-state index < -0.39 is 0 Å². The zero-order valence-corrected chi connectivity index (χ0v) is 8.57. The molecule has 1 atom stereocenters. The Morgan fingerprint density at radius 2 is 2.21 bits per heavy atom. The molecular weight excluding hydrogens is 172 g/mol. The molecule has 14 heavy (non-hydrogen) atoms. The van der Waals surface area contributed by atoms with Crippen LogP contribution in [0.15, 0.2) is 24.3 Å². The first kappa shape index (κ1) is 9.45. The van der Waals surface area contributed by atoms with E-state index in [1.165, 1.54) is 30.4 Å². The van der Waals surface area contributed by atoms with Gasteiger partial charge in [-0.2, -0.15) is 0 Å². The lowest BCUT2D eigenvalue weighted by Crippen LogP contribution is -2.21. The Morgan fingerprint density at radius 1 is 1.43 bits per heavy atom. The van der Waals surface area contributed by atoms with Crippen LogP contribution in [0.1, 0.15) is 36.3 Å². The molecule has 1 aromatic rings. The highest BCUT2D eigenvalue weighted by atomic mass is 16.1. The van der Waals surface area contributed by atoms with Crippen molar-refractivity contribution < 1.29 is 4.79 Å². The van der Waals surface area contributed by atoms with Crippen LogP contribution in [-0.4, -0.2) is 6.29 Å². The lowest BCUT2D eigenvalue weighted by atomic mass is 9.73. The average Bonchev–Trinajstić information content (AvgIpc) is 2.10. The summed E-state index contributed by atoms with van der Waals surface area (Å²) in [6.45, 7) is 2.08. The third-order valence-corrected chi connectivity index (χ3v) is 3.23. The molecule has 0 aromatic heterocycles. The number of carbonyl (C=O) groups excluding carboxylic acids is 1. The van der Waals surface area contributed by atoms with Gasteiger partial charge in [-0.25, -0.2) is 0 Å². The smallest absolute Gasteiger partial charge is 0.127 e. The summed E-state index contributed by atoms with van der Waals surface area (Å²) in [5, 5.41) is 0. The molecule has 2 rings (SSSR count). The summed E-state index contributed by atoms with van der Waals surface area (Å²) in [5.74, 6) is 0.748. The van der Waals surface area contributed by atoms with Crippen molar-refractivity contribution >= 4 is 6.29 Å². The van der Waals surface area contributed by atoms with Gasteiger partial charge in [0.2, 0.25) is 0 Å². The Labute approximate surface area is 85.1 Å². The molecule has 1 aliphatic carbocycles. The number of aldehydes is 1. The van der Waals surface area contributed by atoms with Crippen molar-refractivity contribution in [1.29, 1.82) is 0 Å². The topological polar surface area (TPSA) is 17.1 Å². The van der Waals surface area contributed by atoms with Gasteiger partial charge in [-0.1, -0.05) is 36.2 Å². The molecule has 0 bridgehead atoms. The monoisotopic (exact) mass is 188 g/mol. The lowest BCUT2D eigenvalue weighted by molar-refractivity contribution is -0.110. The molecule has 1 nitrogen and oxygen atoms in total. The minimum atomic E-state index is 0.142. The molecule has 1 heteroatoms. The minimum absolute atomic E-state index is 0.142. The van der Waals surface area contributed by atoms with Crippen molar-refractivity contribution in [3.05, 3.63) is 35.4 Å². The molecule has 0 radical (unpaired) electrons. The van der Waals surface area contributed by atoms with Gasteiger partial charge in [0.25, 0.3) is 0 Å². The SMILES string of the molecule is Cc1cccc(C(C=O)C2CCC2)c1. The minimum Gasteiger partial charge on any atom is -0.303 e. The number of benzene rings is 1. The number of hydrogen-bond acceptors (Lipinski definition) is 1. The van der Waals surface area contributed by atoms with Crippen LogP contribution in [0.5, 0.6) is 0 Å². The third kappa shape index (κ3) is 1.72. The second-order valence-electron chi connectivity index (χ2n) is 4.27. The van der Waals surface area contributed by atoms with Gasteiger partial charge in [0.1, 0.15) is 6.29 Å². The van der Waals surface area contributed by atoms with Crippen LogP contribution in [0.4, 0.5) is 0 Å². The van der Waals surface area contributed by atoms with Gasteiger partial charge in [-0.3, -0.25) is 0 Å². The molecule has 0 amide bonds. The maximum absolute atomic E-state index is 11.1. The molecular formula is C13H16O. The molecule has 0 aliphatic heterocycles. The van der Waals surface area contributed by atoms with Crippen LogP contribution >= 0.6 is 0 Å². The van der Waals surface area contributed by atoms with Crippen molar-refractivity contribution in [3.63, 3.8) is 0 Å². The van der Waals surface area contributed by atoms with Gasteiger partial charge in [0.15, 0.2) is 0 Å². The van der Waals surface area contributed by atoms with E-state index in [1.807, 2.05) is 6.07 Å². The first-order chi connectivity index (χ1) is 6.81. The molecule has 0 spiro atoms. The van der Waals surface area contributed by atoms with Crippen LogP contribution in [-0.2, 0) is 4.79 Å². The summed E-state index contributed by atoms with van der Waals surface area (Å²) in [5.41, 5.74) is 2.44. The summed E-state index contributed by atoms with van der Waals surface area (Å²) in [6, 6.07) is 8.33. The quantitative estimate of drug-likeness (QED) is 0.666. The summed E-state index contributed by atoms with van der Waals surface area (Å²) in [4.78, 5) is 11.1. The Bertz CT molecular complexity index is 326. The van der Waals surface area contributed by atoms with Crippen molar-refractivity contribution in [2.75, 3.05) is 0 Å². The Morgan fingerprint density at radius 3 is 2.71 bits per heavy atom. The highest BCUT2D eigenvalue weighted by molar-refractivity contribution is 5.63. The normalized spacial score (nSPS) is 18.6. The van der Waals surface area contributed by atoms with Gasteiger partial charge in [-0.05, 0) is 31.2 Å². The zero-order chi connectivity index (χ0) is 9.97. The predicted octanol–water partition coefficient (Wildman–Crippen LogP) is 3.08. The largest absolute Gasteiger partial charge is 0.303 e. The van der Waals surface area contributed by atoms with Crippen LogP contribution in [0.2, 0.25) is 0 Å². The predicted molar refractivity (Wildman–Crippen MR) is 57.3 cm³/mol. The highest BCUT2D eigenvalue weighted by Crippen LogP contribution is 2.38. The van der Waals surface area contributed by atoms with Gasteiger partial charge in [-0.15, -0.1) is 0 Å². The van der Waals surface area contributed by atoms with E-state index >= 15 is 0 Å². The van der Waals surface area contributed by atoms with E-state index in [9.17, 15) is 4.79 Å². The van der Waals surface area contributed by atoms with Crippen LogP contribution in [0, 0.1) is 12.8 Å². The van der Waals surface area contributed by atoms with Crippen LogP contribution in [0.25, 0.3) is 0 Å². The Hall–Kier alpha value is -1.11. The van der Waals surface area contributed by atoms with Gasteiger partial charge < -0.3 is 4.79 Å². The summed E-state index contributed by atoms with van der Waals surface area (Å²) >= 11 is 0. The maximum Gasteiger partial charge on any atom is 0.127 e. The highest BCUT2D eigenvalue weighted by Gasteiger charge is 2.27. The summed E-state index contributed by atoms with van der Waals surface area (Å²) < 4.78 is 0. The second kappa shape index (κ2) is 3.95. The van der Waals surface area contributed by atoms with Crippen LogP contribution in [0.3, 0.4) is 0 Å². The van der Waals surface area contributed by atoms with E-state index in [0.29, 0.717) is 5.92 Å². The van der Waals surface area contributed by atoms with Crippen molar-refractivity contribution in [1.82, 2.24) is 0 Å². The van der Waals surface area contributed by atoms with Gasteiger partial charge >= 0.3 is 0 Å². The van der Waals surface area contributed by atoms with Crippen molar-refractivity contribution in [3.8, 4) is 0 Å². The third-order valence-electron chi connectivity index (χ3n) is 3.23. The summed E-state index contributed by atoms with van der Waals surface area (Å²) in [7, 11) is 0. The first-order valence-corrected chi connectivity index (χ1v) is 5.33. The van der Waals surface area contributed by atoms with E-state index in [1.54, 1.807) is 0 Å². The molecule has 0 saturated heterocycles. The molecule has 74 valence electrons. The van der Waals surface area contributed by atoms with E-state index in [4.69, 9.17) is 0 Å². The lowest BCUT2D eigenvalue weighted by Gasteiger charge is -2.30. The average molecular weight is 188 g/mol. The standard InChI is InChI=1S/C13H16O/c1-10-4-2-7-12(8-10)13(9-14)11-5-3-6-11/h2,4,7-9,11,13H,3,5-6H2,1H3. The fourth-order valence-corrected chi connectivity index (χ4v) is 2.14. The van der Waals surface area contributed by atoms with Gasteiger partial charge in [0, 0.05) is 5.92 Å². The molecule has 0 N–H and O–H groups in total. The molecule has 1 aromatic carbocycles. The number of rotatable bonds is 3. The zero-order valence-electron chi connectivity index (χ0n) is 8.57. The fourth-order valence-electron chi connectivity index (χ4n) is 2.14. The number of hydrogen-bond donors (Lipinski definition) is 0. The molecule has 0 heterocycles. The maximum atomic E-state index is 11.1. The van der Waals surface area contributed by atoms with E-state index in [-0.39, 0.29) is 5.92 Å². The van der Waals surface area contributed by atoms with E-state index in [2.05, 4.69) is 25.1 Å². The van der Waals surface area contributed by atoms with E-state index in [0.717, 1.165) is 6.29 Å². The summed E-state index contributed by atoms with van der Waals surface area (Å²) in [6.07, 6.45) is 4.86. The number of carbonyl (C=O) groups is 1.